The number of carbonyl (C=O) groups excluding carboxylic acids is 1. The first kappa shape index (κ1) is 23.1. The molecule has 3 rings (SSSR count). The average Bonchev–Trinajstić information content (AvgIpc) is 3.19. The van der Waals surface area contributed by atoms with Crippen LogP contribution in [0.2, 0.25) is 0 Å². The number of hydrogen-bond donors (Lipinski definition) is 2. The van der Waals surface area contributed by atoms with E-state index in [4.69, 9.17) is 23.7 Å². The number of hydrogen-bond acceptors (Lipinski definition) is 7. The second-order valence-corrected chi connectivity index (χ2v) is 7.38. The van der Waals surface area contributed by atoms with Crippen molar-refractivity contribution in [3.05, 3.63) is 18.2 Å². The zero-order valence-corrected chi connectivity index (χ0v) is 18.2. The Balaban J connectivity index is 1.50. The Morgan fingerprint density at radius 2 is 2.06 bits per heavy atom. The second-order valence-electron chi connectivity index (χ2n) is 7.38. The molecule has 2 N–H and O–H groups in total. The number of esters is 1. The molecule has 9 nitrogen and oxygen atoms in total. The molecule has 0 spiro atoms. The van der Waals surface area contributed by atoms with Crippen LogP contribution in [0.1, 0.15) is 32.1 Å². The van der Waals surface area contributed by atoms with Crippen molar-refractivity contribution in [2.45, 2.75) is 38.2 Å². The summed E-state index contributed by atoms with van der Waals surface area (Å²) < 4.78 is 27.4. The lowest BCUT2D eigenvalue weighted by molar-refractivity contribution is -0.140. The summed E-state index contributed by atoms with van der Waals surface area (Å²) in [7, 11) is 1.38. The van der Waals surface area contributed by atoms with Crippen molar-refractivity contribution in [1.82, 2.24) is 5.32 Å². The molecule has 172 valence electrons. The standard InChI is InChI=1S/C22H33N3O6/c1-27-21(26)8-10-24-22(23-9-3-11-28-16-18-5-2-12-29-18)25-17-6-7-19-20(15-17)31-14-4-13-30-19/h6-7,15,18H,2-5,8-14,16H2,1H3,(H2,23,24,25). The molecule has 1 aromatic rings. The van der Waals surface area contributed by atoms with Gasteiger partial charge >= 0.3 is 5.97 Å². The molecule has 2 aliphatic heterocycles. The normalized spacial score (nSPS) is 18.4. The number of nitrogens with one attached hydrogen (secondary N) is 2. The molecule has 1 unspecified atom stereocenters. The minimum absolute atomic E-state index is 0.236. The van der Waals surface area contributed by atoms with E-state index in [0.29, 0.717) is 51.2 Å². The van der Waals surface area contributed by atoms with Gasteiger partial charge in [-0.25, -0.2) is 0 Å². The van der Waals surface area contributed by atoms with Gasteiger partial charge in [0.1, 0.15) is 0 Å². The van der Waals surface area contributed by atoms with Crippen LogP contribution in [0.5, 0.6) is 11.5 Å². The number of fused-ring (bicyclic) bond motifs is 1. The van der Waals surface area contributed by atoms with Gasteiger partial charge in [0.25, 0.3) is 0 Å². The molecular formula is C22H33N3O6. The number of ether oxygens (including phenoxy) is 5. The third-order valence-electron chi connectivity index (χ3n) is 4.90. The molecule has 31 heavy (non-hydrogen) atoms. The van der Waals surface area contributed by atoms with Crippen molar-refractivity contribution in [1.29, 1.82) is 0 Å². The summed E-state index contributed by atoms with van der Waals surface area (Å²) in [4.78, 5) is 16.0. The van der Waals surface area contributed by atoms with Crippen molar-refractivity contribution in [3.8, 4) is 11.5 Å². The monoisotopic (exact) mass is 435 g/mol. The molecular weight excluding hydrogens is 402 g/mol. The second kappa shape index (κ2) is 13.0. The predicted octanol–water partition coefficient (Wildman–Crippen LogP) is 2.35. The van der Waals surface area contributed by atoms with Crippen LogP contribution in [0.25, 0.3) is 0 Å². The number of methoxy groups -OCH3 is 1. The van der Waals surface area contributed by atoms with Crippen LogP contribution in [0.4, 0.5) is 5.69 Å². The number of nitrogens with zero attached hydrogens (tertiary/aromatic N) is 1. The van der Waals surface area contributed by atoms with Crippen molar-refractivity contribution in [3.63, 3.8) is 0 Å². The van der Waals surface area contributed by atoms with Crippen LogP contribution in [-0.2, 0) is 19.0 Å². The van der Waals surface area contributed by atoms with Gasteiger partial charge in [-0.15, -0.1) is 0 Å². The van der Waals surface area contributed by atoms with Crippen molar-refractivity contribution < 1.29 is 28.5 Å². The molecule has 0 amide bonds. The maximum atomic E-state index is 11.4. The maximum Gasteiger partial charge on any atom is 0.307 e. The molecule has 0 aromatic heterocycles. The summed E-state index contributed by atoms with van der Waals surface area (Å²) in [6.45, 7) is 4.38. The van der Waals surface area contributed by atoms with Crippen LogP contribution in [-0.4, -0.2) is 71.3 Å². The lowest BCUT2D eigenvalue weighted by Gasteiger charge is -2.14. The SMILES string of the molecule is COC(=O)CCNC(=NCCCOCC1CCCO1)Nc1ccc2c(c1)OCCCO2. The molecule has 0 saturated carbocycles. The van der Waals surface area contributed by atoms with Crippen LogP contribution < -0.4 is 20.1 Å². The molecule has 0 radical (unpaired) electrons. The predicted molar refractivity (Wildman–Crippen MR) is 117 cm³/mol. The first-order valence-corrected chi connectivity index (χ1v) is 11.0. The number of anilines is 1. The summed E-state index contributed by atoms with van der Waals surface area (Å²) in [6.07, 6.45) is 4.32. The third-order valence-corrected chi connectivity index (χ3v) is 4.90. The summed E-state index contributed by atoms with van der Waals surface area (Å²) in [6, 6.07) is 5.69. The summed E-state index contributed by atoms with van der Waals surface area (Å²) >= 11 is 0. The highest BCUT2D eigenvalue weighted by molar-refractivity contribution is 5.94. The fourth-order valence-corrected chi connectivity index (χ4v) is 3.25. The minimum Gasteiger partial charge on any atom is -0.490 e. The fourth-order valence-electron chi connectivity index (χ4n) is 3.25. The quantitative estimate of drug-likeness (QED) is 0.250. The highest BCUT2D eigenvalue weighted by Gasteiger charge is 2.15. The molecule has 2 heterocycles. The zero-order chi connectivity index (χ0) is 21.7. The Bertz CT molecular complexity index is 721. The first-order chi connectivity index (χ1) is 15.2. The van der Waals surface area contributed by atoms with E-state index in [-0.39, 0.29) is 18.5 Å². The van der Waals surface area contributed by atoms with Gasteiger partial charge in [0, 0.05) is 44.5 Å². The van der Waals surface area contributed by atoms with Gasteiger partial charge < -0.3 is 34.3 Å². The fraction of sp³-hybridized carbons (Fsp3) is 0.636. The van der Waals surface area contributed by atoms with Crippen LogP contribution in [0.15, 0.2) is 23.2 Å². The van der Waals surface area contributed by atoms with E-state index in [2.05, 4.69) is 15.6 Å². The van der Waals surface area contributed by atoms with E-state index in [1.807, 2.05) is 18.2 Å². The molecule has 0 aliphatic carbocycles. The Kier molecular flexibility index (Phi) is 9.72. The summed E-state index contributed by atoms with van der Waals surface area (Å²) in [5.74, 6) is 1.75. The van der Waals surface area contributed by atoms with E-state index in [0.717, 1.165) is 43.7 Å². The molecule has 1 saturated heterocycles. The van der Waals surface area contributed by atoms with Crippen molar-refractivity contribution in [2.75, 3.05) is 58.6 Å². The molecule has 1 atom stereocenters. The number of rotatable bonds is 10. The average molecular weight is 436 g/mol. The smallest absolute Gasteiger partial charge is 0.307 e. The number of guanidine groups is 1. The Morgan fingerprint density at radius 3 is 2.87 bits per heavy atom. The third kappa shape index (κ3) is 8.26. The van der Waals surface area contributed by atoms with Crippen molar-refractivity contribution >= 4 is 17.6 Å². The topological polar surface area (TPSA) is 99.6 Å². The van der Waals surface area contributed by atoms with Gasteiger partial charge in [-0.2, -0.15) is 0 Å². The lowest BCUT2D eigenvalue weighted by Crippen LogP contribution is -2.33. The minimum atomic E-state index is -0.273. The zero-order valence-electron chi connectivity index (χ0n) is 18.2. The highest BCUT2D eigenvalue weighted by atomic mass is 16.5. The van der Waals surface area contributed by atoms with Crippen LogP contribution in [0, 0.1) is 0 Å². The maximum absolute atomic E-state index is 11.4. The summed E-state index contributed by atoms with van der Waals surface area (Å²) in [5.41, 5.74) is 0.822. The van der Waals surface area contributed by atoms with Crippen molar-refractivity contribution in [2.24, 2.45) is 4.99 Å². The van der Waals surface area contributed by atoms with Gasteiger partial charge in [-0.3, -0.25) is 9.79 Å². The Morgan fingerprint density at radius 1 is 1.19 bits per heavy atom. The van der Waals surface area contributed by atoms with Gasteiger partial charge in [-0.05, 0) is 31.4 Å². The molecule has 0 bridgehead atoms. The van der Waals surface area contributed by atoms with E-state index >= 15 is 0 Å². The van der Waals surface area contributed by atoms with Crippen LogP contribution in [0.3, 0.4) is 0 Å². The van der Waals surface area contributed by atoms with Crippen LogP contribution >= 0.6 is 0 Å². The van der Waals surface area contributed by atoms with E-state index in [9.17, 15) is 4.79 Å². The van der Waals surface area contributed by atoms with E-state index in [1.165, 1.54) is 7.11 Å². The Labute approximate surface area is 183 Å². The number of carbonyl (C=O) groups is 1. The summed E-state index contributed by atoms with van der Waals surface area (Å²) in [5, 5.41) is 6.43. The lowest BCUT2D eigenvalue weighted by atomic mass is 10.2. The van der Waals surface area contributed by atoms with Gasteiger partial charge in [0.05, 0.1) is 39.5 Å². The first-order valence-electron chi connectivity index (χ1n) is 11.0. The highest BCUT2D eigenvalue weighted by Crippen LogP contribution is 2.32. The Hall–Kier alpha value is -2.52. The largest absolute Gasteiger partial charge is 0.490 e. The van der Waals surface area contributed by atoms with Gasteiger partial charge in [0.15, 0.2) is 17.5 Å². The molecule has 1 fully saturated rings. The van der Waals surface area contributed by atoms with Gasteiger partial charge in [0.2, 0.25) is 0 Å². The number of benzene rings is 1. The van der Waals surface area contributed by atoms with Gasteiger partial charge in [-0.1, -0.05) is 0 Å². The van der Waals surface area contributed by atoms with E-state index < -0.39 is 0 Å². The van der Waals surface area contributed by atoms with E-state index in [1.54, 1.807) is 0 Å². The molecule has 1 aromatic carbocycles. The molecule has 9 heteroatoms. The number of aliphatic imine (C=N–C) groups is 1. The molecule has 2 aliphatic rings.